The molecule has 1 aliphatic carbocycles. The predicted octanol–water partition coefficient (Wildman–Crippen LogP) is 3.94. The van der Waals surface area contributed by atoms with E-state index in [0.29, 0.717) is 23.7 Å². The molecule has 0 unspecified atom stereocenters. The molecule has 6 nitrogen and oxygen atoms in total. The van der Waals surface area contributed by atoms with E-state index in [1.54, 1.807) is 0 Å². The van der Waals surface area contributed by atoms with Crippen molar-refractivity contribution in [2.24, 2.45) is 11.1 Å². The predicted molar refractivity (Wildman–Crippen MR) is 110 cm³/mol. The highest BCUT2D eigenvalue weighted by Crippen LogP contribution is 2.39. The van der Waals surface area contributed by atoms with Crippen molar-refractivity contribution in [1.29, 1.82) is 0 Å². The van der Waals surface area contributed by atoms with Crippen LogP contribution in [0.25, 0.3) is 23.0 Å². The van der Waals surface area contributed by atoms with Gasteiger partial charge in [-0.05, 0) is 62.6 Å². The Morgan fingerprint density at radius 2 is 2.11 bits per heavy atom. The van der Waals surface area contributed by atoms with Gasteiger partial charge in [-0.25, -0.2) is 0 Å². The molecule has 4 rings (SSSR count). The summed E-state index contributed by atoms with van der Waals surface area (Å²) in [6.07, 6.45) is 4.05. The largest absolute Gasteiger partial charge is 0.332 e. The second kappa shape index (κ2) is 7.17. The second-order valence-electron chi connectivity index (χ2n) is 8.54. The molecular weight excluding hydrogens is 350 g/mol. The van der Waals surface area contributed by atoms with Crippen LogP contribution in [0.5, 0.6) is 0 Å². The van der Waals surface area contributed by atoms with Crippen molar-refractivity contribution in [3.05, 3.63) is 40.6 Å². The maximum atomic E-state index is 5.66. The summed E-state index contributed by atoms with van der Waals surface area (Å²) in [5.41, 5.74) is 12.7. The van der Waals surface area contributed by atoms with E-state index in [1.807, 2.05) is 0 Å². The second-order valence-corrected chi connectivity index (χ2v) is 8.54. The lowest BCUT2D eigenvalue weighted by atomic mass is 9.76. The number of rotatable bonds is 5. The summed E-state index contributed by atoms with van der Waals surface area (Å²) in [4.78, 5) is 4.70. The molecule has 0 radical (unpaired) electrons. The molecule has 0 spiro atoms. The topological polar surface area (TPSA) is 82.8 Å². The lowest BCUT2D eigenvalue weighted by Crippen LogP contribution is -2.24. The van der Waals surface area contributed by atoms with E-state index in [9.17, 15) is 0 Å². The van der Waals surface area contributed by atoms with E-state index in [-0.39, 0.29) is 0 Å². The Hall–Kier alpha value is -2.47. The third-order valence-electron chi connectivity index (χ3n) is 5.76. The smallest absolute Gasteiger partial charge is 0.279 e. The molecule has 0 atom stereocenters. The van der Waals surface area contributed by atoms with Gasteiger partial charge in [0.1, 0.15) is 0 Å². The van der Waals surface area contributed by atoms with Crippen molar-refractivity contribution in [3.63, 3.8) is 0 Å². The lowest BCUT2D eigenvalue weighted by Gasteiger charge is -2.30. The maximum Gasteiger partial charge on any atom is 0.279 e. The van der Waals surface area contributed by atoms with Crippen molar-refractivity contribution in [2.75, 3.05) is 6.54 Å². The van der Waals surface area contributed by atoms with Gasteiger partial charge in [-0.3, -0.25) is 4.68 Å². The van der Waals surface area contributed by atoms with Crippen molar-refractivity contribution < 1.29 is 4.52 Å². The molecule has 6 heteroatoms. The average Bonchev–Trinajstić information content (AvgIpc) is 3.25. The van der Waals surface area contributed by atoms with E-state index in [0.717, 1.165) is 49.0 Å². The molecule has 148 valence electrons. The molecule has 0 aliphatic heterocycles. The fourth-order valence-corrected chi connectivity index (χ4v) is 4.16. The molecule has 28 heavy (non-hydrogen) atoms. The number of benzene rings is 1. The van der Waals surface area contributed by atoms with Gasteiger partial charge in [0.15, 0.2) is 5.69 Å². The lowest BCUT2D eigenvalue weighted by molar-refractivity contribution is 0.304. The first-order valence-corrected chi connectivity index (χ1v) is 10.1. The first kappa shape index (κ1) is 18.9. The van der Waals surface area contributed by atoms with Gasteiger partial charge in [-0.1, -0.05) is 37.2 Å². The SMILES string of the molecule is CCn1nc(-c2nc(-c3ccc(CCN)cc3C)no2)c2c1CC(C)(C)CC2. The van der Waals surface area contributed by atoms with Crippen molar-refractivity contribution in [1.82, 2.24) is 19.9 Å². The van der Waals surface area contributed by atoms with E-state index < -0.39 is 0 Å². The summed E-state index contributed by atoms with van der Waals surface area (Å²) in [6.45, 7) is 10.3. The van der Waals surface area contributed by atoms with Crippen LogP contribution in [0, 0.1) is 12.3 Å². The van der Waals surface area contributed by atoms with Crippen molar-refractivity contribution >= 4 is 0 Å². The van der Waals surface area contributed by atoms with Crippen LogP contribution in [0.4, 0.5) is 0 Å². The molecule has 2 aromatic heterocycles. The molecule has 1 aromatic carbocycles. The van der Waals surface area contributed by atoms with Gasteiger partial charge >= 0.3 is 0 Å². The molecule has 0 saturated heterocycles. The summed E-state index contributed by atoms with van der Waals surface area (Å²) in [5.74, 6) is 1.13. The van der Waals surface area contributed by atoms with E-state index in [4.69, 9.17) is 20.3 Å². The van der Waals surface area contributed by atoms with Crippen LogP contribution in [0.15, 0.2) is 22.7 Å². The van der Waals surface area contributed by atoms with Crippen LogP contribution < -0.4 is 5.73 Å². The fourth-order valence-electron chi connectivity index (χ4n) is 4.16. The van der Waals surface area contributed by atoms with Crippen molar-refractivity contribution in [2.45, 2.75) is 59.9 Å². The molecule has 0 saturated carbocycles. The number of fused-ring (bicyclic) bond motifs is 1. The molecule has 1 aliphatic rings. The fraction of sp³-hybridized carbons (Fsp3) is 0.500. The zero-order valence-corrected chi connectivity index (χ0v) is 17.2. The highest BCUT2D eigenvalue weighted by Gasteiger charge is 2.32. The van der Waals surface area contributed by atoms with Crippen LogP contribution in [0.2, 0.25) is 0 Å². The number of aryl methyl sites for hydroxylation is 2. The zero-order valence-electron chi connectivity index (χ0n) is 17.2. The van der Waals surface area contributed by atoms with Gasteiger partial charge in [0.2, 0.25) is 5.82 Å². The zero-order chi connectivity index (χ0) is 19.9. The Labute approximate surface area is 166 Å². The van der Waals surface area contributed by atoms with E-state index >= 15 is 0 Å². The molecule has 0 fully saturated rings. The molecule has 3 aromatic rings. The minimum atomic E-state index is 0.305. The van der Waals surface area contributed by atoms with E-state index in [1.165, 1.54) is 16.8 Å². The standard InChI is InChI=1S/C22H29N5O/c1-5-27-18-13-22(3,4)10-8-17(18)19(25-27)21-24-20(26-28-21)16-7-6-15(9-11-23)12-14(16)2/h6-7,12H,5,8-11,13,23H2,1-4H3. The van der Waals surface area contributed by atoms with Gasteiger partial charge in [0, 0.05) is 23.4 Å². The quantitative estimate of drug-likeness (QED) is 0.726. The minimum Gasteiger partial charge on any atom is -0.332 e. The Balaban J connectivity index is 1.70. The number of nitrogens with zero attached hydrogens (tertiary/aromatic N) is 4. The Kier molecular flexibility index (Phi) is 4.83. The van der Waals surface area contributed by atoms with Crippen LogP contribution in [0.1, 0.15) is 49.6 Å². The summed E-state index contributed by atoms with van der Waals surface area (Å²) >= 11 is 0. The average molecular weight is 380 g/mol. The Morgan fingerprint density at radius 1 is 1.29 bits per heavy atom. The highest BCUT2D eigenvalue weighted by atomic mass is 16.5. The first-order chi connectivity index (χ1) is 13.4. The third-order valence-corrected chi connectivity index (χ3v) is 5.76. The van der Waals surface area contributed by atoms with Gasteiger partial charge in [0.05, 0.1) is 0 Å². The number of hydrogen-bond donors (Lipinski definition) is 1. The summed E-state index contributed by atoms with van der Waals surface area (Å²) in [6, 6.07) is 6.28. The number of nitrogens with two attached hydrogens (primary N) is 1. The molecule has 0 amide bonds. The summed E-state index contributed by atoms with van der Waals surface area (Å²) < 4.78 is 7.76. The van der Waals surface area contributed by atoms with Crippen LogP contribution in [0.3, 0.4) is 0 Å². The maximum absolute atomic E-state index is 5.66. The normalized spacial score (nSPS) is 15.6. The van der Waals surface area contributed by atoms with E-state index in [2.05, 4.69) is 55.7 Å². The molecule has 2 heterocycles. The van der Waals surface area contributed by atoms with Crippen LogP contribution in [-0.2, 0) is 25.8 Å². The molecule has 0 bridgehead atoms. The van der Waals surface area contributed by atoms with Crippen LogP contribution in [-0.4, -0.2) is 26.5 Å². The van der Waals surface area contributed by atoms with Gasteiger partial charge in [0.25, 0.3) is 5.89 Å². The minimum absolute atomic E-state index is 0.305. The van der Waals surface area contributed by atoms with Crippen molar-refractivity contribution in [3.8, 4) is 23.0 Å². The summed E-state index contributed by atoms with van der Waals surface area (Å²) in [7, 11) is 0. The van der Waals surface area contributed by atoms with Gasteiger partial charge in [-0.2, -0.15) is 10.1 Å². The van der Waals surface area contributed by atoms with Crippen LogP contribution >= 0.6 is 0 Å². The van der Waals surface area contributed by atoms with Gasteiger partial charge < -0.3 is 10.3 Å². The number of hydrogen-bond acceptors (Lipinski definition) is 5. The third kappa shape index (κ3) is 3.37. The molecular formula is C22H29N5O. The Morgan fingerprint density at radius 3 is 2.82 bits per heavy atom. The number of aromatic nitrogens is 4. The first-order valence-electron chi connectivity index (χ1n) is 10.1. The monoisotopic (exact) mass is 379 g/mol. The summed E-state index contributed by atoms with van der Waals surface area (Å²) in [5, 5.41) is 9.07. The highest BCUT2D eigenvalue weighted by molar-refractivity contribution is 5.64. The van der Waals surface area contributed by atoms with Gasteiger partial charge in [-0.15, -0.1) is 0 Å². The Bertz CT molecular complexity index is 999. The molecule has 2 N–H and O–H groups in total.